The van der Waals surface area contributed by atoms with Crippen molar-refractivity contribution in [3.05, 3.63) is 69.3 Å². The van der Waals surface area contributed by atoms with E-state index in [1.807, 2.05) is 36.2 Å². The molecule has 3 aromatic rings. The number of aromatic nitrogens is 2. The molecule has 1 aliphatic heterocycles. The van der Waals surface area contributed by atoms with E-state index in [1.54, 1.807) is 22.9 Å². The molecule has 186 valence electrons. The van der Waals surface area contributed by atoms with Crippen LogP contribution >= 0.6 is 23.2 Å². The zero-order valence-electron chi connectivity index (χ0n) is 19.7. The highest BCUT2D eigenvalue weighted by Gasteiger charge is 2.25. The van der Waals surface area contributed by atoms with Crippen LogP contribution in [0, 0.1) is 6.92 Å². The van der Waals surface area contributed by atoms with Crippen molar-refractivity contribution in [1.82, 2.24) is 20.2 Å². The Kier molecular flexibility index (Phi) is 7.86. The first-order chi connectivity index (χ1) is 16.6. The first kappa shape index (κ1) is 25.7. The fourth-order valence-electron chi connectivity index (χ4n) is 4.21. The minimum Gasteiger partial charge on any atom is -0.283 e. The van der Waals surface area contributed by atoms with E-state index in [-0.39, 0.29) is 11.7 Å². The number of carbonyl (C=O) groups excluding carboxylic acids is 1. The van der Waals surface area contributed by atoms with Gasteiger partial charge in [-0.1, -0.05) is 53.9 Å². The summed E-state index contributed by atoms with van der Waals surface area (Å²) >= 11 is 12.6. The van der Waals surface area contributed by atoms with Crippen LogP contribution in [-0.2, 0) is 16.3 Å². The second-order valence-corrected chi connectivity index (χ2v) is 12.0. The average molecular weight is 535 g/mol. The van der Waals surface area contributed by atoms with Crippen LogP contribution in [-0.4, -0.2) is 54.2 Å². The summed E-state index contributed by atoms with van der Waals surface area (Å²) in [5.41, 5.74) is 7.11. The summed E-state index contributed by atoms with van der Waals surface area (Å²) in [5, 5.41) is 7.53. The lowest BCUT2D eigenvalue weighted by molar-refractivity contribution is 0.0743. The SMILES string of the molecule is Cc1c(C(=O)NN2CCCCC2)nn(-c2ccc(Cl)cc2Cl)c1-c1ccc(CCS(C)(=O)=O)cc1. The molecular formula is C25H28Cl2N4O3S. The monoisotopic (exact) mass is 534 g/mol. The molecule has 4 rings (SSSR count). The van der Waals surface area contributed by atoms with Gasteiger partial charge < -0.3 is 0 Å². The van der Waals surface area contributed by atoms with Crippen molar-refractivity contribution in [3.8, 4) is 16.9 Å². The number of nitrogens with one attached hydrogen (secondary N) is 1. The summed E-state index contributed by atoms with van der Waals surface area (Å²) in [4.78, 5) is 13.2. The van der Waals surface area contributed by atoms with E-state index in [4.69, 9.17) is 23.2 Å². The average Bonchev–Trinajstić information content (AvgIpc) is 3.15. The van der Waals surface area contributed by atoms with Gasteiger partial charge in [0.25, 0.3) is 5.91 Å². The Labute approximate surface area is 215 Å². The van der Waals surface area contributed by atoms with Crippen molar-refractivity contribution in [1.29, 1.82) is 0 Å². The first-order valence-corrected chi connectivity index (χ1v) is 14.3. The molecule has 1 N–H and O–H groups in total. The number of sulfone groups is 1. The number of nitrogens with zero attached hydrogens (tertiary/aromatic N) is 3. The molecule has 1 fully saturated rings. The molecule has 0 atom stereocenters. The summed E-state index contributed by atoms with van der Waals surface area (Å²) in [6, 6.07) is 12.8. The molecule has 0 saturated carbocycles. The van der Waals surface area contributed by atoms with Crippen LogP contribution in [0.1, 0.15) is 40.9 Å². The van der Waals surface area contributed by atoms with Gasteiger partial charge in [0.05, 0.1) is 22.2 Å². The number of hydrogen-bond donors (Lipinski definition) is 1. The van der Waals surface area contributed by atoms with Gasteiger partial charge in [-0.3, -0.25) is 10.2 Å². The first-order valence-electron chi connectivity index (χ1n) is 11.5. The van der Waals surface area contributed by atoms with Gasteiger partial charge in [0.15, 0.2) is 5.69 Å². The fraction of sp³-hybridized carbons (Fsp3) is 0.360. The summed E-state index contributed by atoms with van der Waals surface area (Å²) < 4.78 is 24.7. The zero-order valence-corrected chi connectivity index (χ0v) is 22.1. The number of halogens is 2. The van der Waals surface area contributed by atoms with Crippen LogP contribution in [0.5, 0.6) is 0 Å². The minimum absolute atomic E-state index is 0.0878. The second kappa shape index (κ2) is 10.7. The highest BCUT2D eigenvalue weighted by molar-refractivity contribution is 7.90. The molecule has 1 aromatic heterocycles. The predicted octanol–water partition coefficient (Wildman–Crippen LogP) is 4.87. The van der Waals surface area contributed by atoms with Gasteiger partial charge in [-0.15, -0.1) is 0 Å². The molecule has 0 radical (unpaired) electrons. The van der Waals surface area contributed by atoms with Crippen molar-refractivity contribution in [2.24, 2.45) is 0 Å². The summed E-state index contributed by atoms with van der Waals surface area (Å²) in [5.74, 6) is -0.177. The Morgan fingerprint density at radius 1 is 1.06 bits per heavy atom. The van der Waals surface area contributed by atoms with Crippen molar-refractivity contribution >= 4 is 38.9 Å². The summed E-state index contributed by atoms with van der Waals surface area (Å²) in [6.45, 7) is 3.50. The van der Waals surface area contributed by atoms with Crippen LogP contribution < -0.4 is 5.43 Å². The van der Waals surface area contributed by atoms with Crippen molar-refractivity contribution in [2.45, 2.75) is 32.6 Å². The Balaban J connectivity index is 1.73. The predicted molar refractivity (Wildman–Crippen MR) is 140 cm³/mol. The van der Waals surface area contributed by atoms with E-state index in [0.29, 0.717) is 27.8 Å². The van der Waals surface area contributed by atoms with E-state index in [9.17, 15) is 13.2 Å². The van der Waals surface area contributed by atoms with Gasteiger partial charge in [0.2, 0.25) is 0 Å². The number of piperidine rings is 1. The number of benzene rings is 2. The quantitative estimate of drug-likeness (QED) is 0.467. The van der Waals surface area contributed by atoms with Gasteiger partial charge in [-0.25, -0.2) is 18.1 Å². The third kappa shape index (κ3) is 6.25. The molecule has 2 heterocycles. The van der Waals surface area contributed by atoms with Crippen molar-refractivity contribution < 1.29 is 13.2 Å². The largest absolute Gasteiger partial charge is 0.286 e. The standard InChI is InChI=1S/C25H28Cl2N4O3S/c1-17-23(25(32)29-30-13-4-3-5-14-30)28-31(22-11-10-20(26)16-21(22)27)24(17)19-8-6-18(7-9-19)12-15-35(2,33)34/h6-11,16H,3-5,12-15H2,1-2H3,(H,29,32). The van der Waals surface area contributed by atoms with Gasteiger partial charge in [-0.05, 0) is 49.9 Å². The maximum Gasteiger partial charge on any atom is 0.286 e. The lowest BCUT2D eigenvalue weighted by Crippen LogP contribution is -2.45. The lowest BCUT2D eigenvalue weighted by Gasteiger charge is -2.26. The Morgan fingerprint density at radius 3 is 2.37 bits per heavy atom. The summed E-state index contributed by atoms with van der Waals surface area (Å²) in [6.07, 6.45) is 4.93. The lowest BCUT2D eigenvalue weighted by atomic mass is 10.0. The topological polar surface area (TPSA) is 84.3 Å². The normalized spacial score (nSPS) is 14.7. The Bertz CT molecular complexity index is 1330. The molecule has 35 heavy (non-hydrogen) atoms. The van der Waals surface area contributed by atoms with Gasteiger partial charge in [0.1, 0.15) is 9.84 Å². The second-order valence-electron chi connectivity index (χ2n) is 8.90. The summed E-state index contributed by atoms with van der Waals surface area (Å²) in [7, 11) is -3.05. The number of amides is 1. The Morgan fingerprint density at radius 2 is 1.74 bits per heavy atom. The van der Waals surface area contributed by atoms with Crippen LogP contribution in [0.2, 0.25) is 10.0 Å². The van der Waals surface area contributed by atoms with Crippen molar-refractivity contribution in [3.63, 3.8) is 0 Å². The van der Waals surface area contributed by atoms with Crippen LogP contribution in [0.25, 0.3) is 16.9 Å². The highest BCUT2D eigenvalue weighted by atomic mass is 35.5. The van der Waals surface area contributed by atoms with Crippen molar-refractivity contribution in [2.75, 3.05) is 25.1 Å². The molecule has 0 spiro atoms. The highest BCUT2D eigenvalue weighted by Crippen LogP contribution is 2.33. The smallest absolute Gasteiger partial charge is 0.283 e. The van der Waals surface area contributed by atoms with E-state index in [0.717, 1.165) is 48.3 Å². The van der Waals surface area contributed by atoms with Gasteiger partial charge in [0, 0.05) is 35.5 Å². The molecule has 1 saturated heterocycles. The number of hydrazine groups is 1. The van der Waals surface area contributed by atoms with Crippen LogP contribution in [0.3, 0.4) is 0 Å². The van der Waals surface area contributed by atoms with E-state index in [2.05, 4.69) is 10.5 Å². The molecule has 0 bridgehead atoms. The molecule has 0 aliphatic carbocycles. The fourth-order valence-corrected chi connectivity index (χ4v) is 5.31. The third-order valence-electron chi connectivity index (χ3n) is 6.08. The zero-order chi connectivity index (χ0) is 25.2. The maximum atomic E-state index is 13.2. The third-order valence-corrected chi connectivity index (χ3v) is 7.56. The van der Waals surface area contributed by atoms with Crippen LogP contribution in [0.15, 0.2) is 42.5 Å². The molecule has 1 amide bonds. The number of rotatable bonds is 7. The molecule has 0 unspecified atom stereocenters. The Hall–Kier alpha value is -2.39. The van der Waals surface area contributed by atoms with Crippen LogP contribution in [0.4, 0.5) is 0 Å². The molecular weight excluding hydrogens is 507 g/mol. The van der Waals surface area contributed by atoms with E-state index in [1.165, 1.54) is 12.7 Å². The van der Waals surface area contributed by atoms with Gasteiger partial charge in [-0.2, -0.15) is 5.10 Å². The van der Waals surface area contributed by atoms with E-state index >= 15 is 0 Å². The number of hydrogen-bond acceptors (Lipinski definition) is 5. The molecule has 10 heteroatoms. The van der Waals surface area contributed by atoms with E-state index < -0.39 is 9.84 Å². The minimum atomic E-state index is -3.05. The molecule has 1 aliphatic rings. The maximum absolute atomic E-state index is 13.2. The molecule has 2 aromatic carbocycles. The number of carbonyl (C=O) groups is 1. The molecule has 7 nitrogen and oxygen atoms in total. The van der Waals surface area contributed by atoms with Gasteiger partial charge >= 0.3 is 0 Å². The number of aryl methyl sites for hydroxylation is 1.